The molecule has 1 atom stereocenters. The van der Waals surface area contributed by atoms with Gasteiger partial charge < -0.3 is 0 Å². The number of nitrogens with zero attached hydrogens (tertiary/aromatic N) is 4. The van der Waals surface area contributed by atoms with Crippen LogP contribution < -0.4 is 5.56 Å². The fourth-order valence-electron chi connectivity index (χ4n) is 4.79. The van der Waals surface area contributed by atoms with E-state index in [1.807, 2.05) is 30.3 Å². The summed E-state index contributed by atoms with van der Waals surface area (Å²) in [5.74, 6) is 1.77. The van der Waals surface area contributed by atoms with Gasteiger partial charge in [-0.25, -0.2) is 8.97 Å². The maximum absolute atomic E-state index is 14.0. The van der Waals surface area contributed by atoms with Crippen molar-refractivity contribution in [1.29, 1.82) is 0 Å². The Bertz CT molecular complexity index is 1530. The molecule has 0 aliphatic heterocycles. The first-order chi connectivity index (χ1) is 16.1. The van der Waals surface area contributed by atoms with Crippen LogP contribution in [0.25, 0.3) is 21.7 Å². The Labute approximate surface area is 200 Å². The monoisotopic (exact) mass is 472 g/mol. The van der Waals surface area contributed by atoms with Crippen LogP contribution in [-0.4, -0.2) is 19.2 Å². The van der Waals surface area contributed by atoms with Crippen molar-refractivity contribution in [3.8, 4) is 5.69 Å². The zero-order valence-electron chi connectivity index (χ0n) is 18.6. The van der Waals surface area contributed by atoms with Gasteiger partial charge in [0.05, 0.1) is 11.1 Å². The van der Waals surface area contributed by atoms with E-state index >= 15 is 0 Å². The van der Waals surface area contributed by atoms with Crippen molar-refractivity contribution in [2.45, 2.75) is 49.9 Å². The molecule has 5 nitrogen and oxygen atoms in total. The van der Waals surface area contributed by atoms with E-state index in [0.29, 0.717) is 11.7 Å². The van der Waals surface area contributed by atoms with E-state index in [0.717, 1.165) is 45.2 Å². The molecular formula is C26H24N4OS2. The van der Waals surface area contributed by atoms with Gasteiger partial charge in [-0.15, -0.1) is 21.5 Å². The Morgan fingerprint density at radius 2 is 1.88 bits per heavy atom. The molecule has 1 unspecified atom stereocenters. The Morgan fingerprint density at radius 3 is 2.67 bits per heavy atom. The molecule has 1 aliphatic carbocycles. The fourth-order valence-corrected chi connectivity index (χ4v) is 7.19. The SMILES string of the molecule is Cc1ccc(-n2c(=O)c3c4c(sc3n3c(SCc5ccccc5)nnc23)CCCC4C)cc1. The largest absolute Gasteiger partial charge is 0.268 e. The lowest BCUT2D eigenvalue weighted by Gasteiger charge is -2.18. The molecule has 0 spiro atoms. The van der Waals surface area contributed by atoms with E-state index in [1.165, 1.54) is 22.4 Å². The number of rotatable bonds is 4. The average molecular weight is 473 g/mol. The normalized spacial score (nSPS) is 15.9. The Morgan fingerprint density at radius 1 is 1.09 bits per heavy atom. The summed E-state index contributed by atoms with van der Waals surface area (Å²) in [7, 11) is 0. The standard InChI is InChI=1S/C26H24N4OS2/c1-16-11-13-19(14-12-16)29-23(31)22-21-17(2)7-6-10-20(21)33-24(22)30-25(29)27-28-26(30)32-15-18-8-4-3-5-9-18/h3-5,8-9,11-14,17H,6-7,10,15H2,1-2H3. The molecule has 1 aliphatic rings. The van der Waals surface area contributed by atoms with E-state index < -0.39 is 0 Å². The van der Waals surface area contributed by atoms with Crippen LogP contribution in [0.3, 0.4) is 0 Å². The highest BCUT2D eigenvalue weighted by molar-refractivity contribution is 7.98. The lowest BCUT2D eigenvalue weighted by Crippen LogP contribution is -2.22. The second-order valence-electron chi connectivity index (χ2n) is 8.78. The van der Waals surface area contributed by atoms with Crippen molar-refractivity contribution in [2.24, 2.45) is 0 Å². The van der Waals surface area contributed by atoms with E-state index in [-0.39, 0.29) is 5.56 Å². The van der Waals surface area contributed by atoms with E-state index in [4.69, 9.17) is 0 Å². The maximum atomic E-state index is 14.0. The first-order valence-corrected chi connectivity index (χ1v) is 13.1. The number of aromatic nitrogens is 4. The number of benzene rings is 2. The molecule has 0 saturated carbocycles. The molecule has 6 rings (SSSR count). The van der Waals surface area contributed by atoms with Crippen LogP contribution in [0.2, 0.25) is 0 Å². The predicted molar refractivity (Wildman–Crippen MR) is 136 cm³/mol. The average Bonchev–Trinajstić information content (AvgIpc) is 3.42. The van der Waals surface area contributed by atoms with Gasteiger partial charge in [0.1, 0.15) is 4.83 Å². The van der Waals surface area contributed by atoms with Gasteiger partial charge in [-0.2, -0.15) is 0 Å². The summed E-state index contributed by atoms with van der Waals surface area (Å²) >= 11 is 3.41. The lowest BCUT2D eigenvalue weighted by atomic mass is 9.88. The van der Waals surface area contributed by atoms with Crippen molar-refractivity contribution < 1.29 is 0 Å². The Hall–Kier alpha value is -2.90. The first kappa shape index (κ1) is 20.7. The molecule has 33 heavy (non-hydrogen) atoms. The van der Waals surface area contributed by atoms with E-state index in [2.05, 4.69) is 52.7 Å². The van der Waals surface area contributed by atoms with Crippen LogP contribution in [-0.2, 0) is 12.2 Å². The lowest BCUT2D eigenvalue weighted by molar-refractivity contribution is 0.601. The Balaban J connectivity index is 1.63. The van der Waals surface area contributed by atoms with Crippen molar-refractivity contribution >= 4 is 39.1 Å². The zero-order valence-corrected chi connectivity index (χ0v) is 20.2. The molecule has 7 heteroatoms. The first-order valence-electron chi connectivity index (χ1n) is 11.3. The summed E-state index contributed by atoms with van der Waals surface area (Å²) in [6.07, 6.45) is 3.34. The van der Waals surface area contributed by atoms with Crippen LogP contribution in [0.5, 0.6) is 0 Å². The summed E-state index contributed by atoms with van der Waals surface area (Å²) < 4.78 is 3.86. The van der Waals surface area contributed by atoms with Gasteiger partial charge in [0.15, 0.2) is 5.16 Å². The van der Waals surface area contributed by atoms with E-state index in [9.17, 15) is 4.79 Å². The van der Waals surface area contributed by atoms with Gasteiger partial charge in [0.25, 0.3) is 5.56 Å². The second kappa shape index (κ2) is 8.15. The highest BCUT2D eigenvalue weighted by Crippen LogP contribution is 2.42. The van der Waals surface area contributed by atoms with Crippen LogP contribution >= 0.6 is 23.1 Å². The van der Waals surface area contributed by atoms with Gasteiger partial charge in [0, 0.05) is 10.6 Å². The molecule has 0 amide bonds. The molecule has 0 radical (unpaired) electrons. The quantitative estimate of drug-likeness (QED) is 0.295. The summed E-state index contributed by atoms with van der Waals surface area (Å²) in [4.78, 5) is 16.3. The summed E-state index contributed by atoms with van der Waals surface area (Å²) in [6, 6.07) is 18.5. The number of fused-ring (bicyclic) bond motifs is 5. The molecule has 3 heterocycles. The van der Waals surface area contributed by atoms with Gasteiger partial charge in [-0.05, 0) is 55.4 Å². The van der Waals surface area contributed by atoms with Crippen molar-refractivity contribution in [2.75, 3.05) is 0 Å². The minimum atomic E-state index is 0.0135. The number of aryl methyl sites for hydroxylation is 2. The van der Waals surface area contributed by atoms with Crippen molar-refractivity contribution in [3.63, 3.8) is 0 Å². The van der Waals surface area contributed by atoms with Crippen molar-refractivity contribution in [3.05, 3.63) is 86.5 Å². The van der Waals surface area contributed by atoms with Gasteiger partial charge >= 0.3 is 0 Å². The van der Waals surface area contributed by atoms with Crippen molar-refractivity contribution in [1.82, 2.24) is 19.2 Å². The molecular weight excluding hydrogens is 448 g/mol. The summed E-state index contributed by atoms with van der Waals surface area (Å²) in [5.41, 5.74) is 4.47. The number of thiophene rings is 1. The maximum Gasteiger partial charge on any atom is 0.268 e. The number of hydrogen-bond acceptors (Lipinski definition) is 5. The van der Waals surface area contributed by atoms with Crippen LogP contribution in [0.1, 0.15) is 47.3 Å². The molecule has 166 valence electrons. The van der Waals surface area contributed by atoms with Gasteiger partial charge in [-0.1, -0.05) is 66.7 Å². The second-order valence-corrected chi connectivity index (χ2v) is 10.8. The minimum absolute atomic E-state index is 0.0135. The third-order valence-corrected chi connectivity index (χ3v) is 8.73. The zero-order chi connectivity index (χ0) is 22.5. The van der Waals surface area contributed by atoms with Gasteiger partial charge in [-0.3, -0.25) is 4.79 Å². The topological polar surface area (TPSA) is 52.2 Å². The third kappa shape index (κ3) is 3.42. The molecule has 0 N–H and O–H groups in total. The highest BCUT2D eigenvalue weighted by atomic mass is 32.2. The Kier molecular flexibility index (Phi) is 5.11. The molecule has 0 fully saturated rings. The molecule has 2 aromatic carbocycles. The summed E-state index contributed by atoms with van der Waals surface area (Å²) in [6.45, 7) is 4.30. The molecule has 0 bridgehead atoms. The minimum Gasteiger partial charge on any atom is -0.268 e. The smallest absolute Gasteiger partial charge is 0.268 e. The third-order valence-electron chi connectivity index (χ3n) is 6.48. The number of hydrogen-bond donors (Lipinski definition) is 0. The summed E-state index contributed by atoms with van der Waals surface area (Å²) in [5, 5.41) is 10.8. The van der Waals surface area contributed by atoms with Gasteiger partial charge in [0.2, 0.25) is 5.78 Å². The fraction of sp³-hybridized carbons (Fsp3) is 0.269. The predicted octanol–water partition coefficient (Wildman–Crippen LogP) is 6.14. The van der Waals surface area contributed by atoms with Crippen LogP contribution in [0.15, 0.2) is 64.5 Å². The number of thioether (sulfide) groups is 1. The highest BCUT2D eigenvalue weighted by Gasteiger charge is 2.28. The van der Waals surface area contributed by atoms with Crippen LogP contribution in [0, 0.1) is 6.92 Å². The molecule has 5 aromatic rings. The molecule has 3 aromatic heterocycles. The van der Waals surface area contributed by atoms with E-state index in [1.54, 1.807) is 27.7 Å². The van der Waals surface area contributed by atoms with Crippen LogP contribution in [0.4, 0.5) is 0 Å². The molecule has 0 saturated heterocycles.